The highest BCUT2D eigenvalue weighted by atomic mass is 16.2. The zero-order valence-corrected chi connectivity index (χ0v) is 12.5. The SMILES string of the molecule is Cc1nc(CN2C[C@@H](Cc3ccccc3)CC2=O)n(C)n1. The smallest absolute Gasteiger partial charge is 0.223 e. The molecule has 0 N–H and O–H groups in total. The molecule has 1 fully saturated rings. The van der Waals surface area contributed by atoms with Gasteiger partial charge in [-0.3, -0.25) is 9.48 Å². The topological polar surface area (TPSA) is 51.0 Å². The highest BCUT2D eigenvalue weighted by molar-refractivity contribution is 5.78. The van der Waals surface area contributed by atoms with Crippen LogP contribution in [0.4, 0.5) is 0 Å². The average molecular weight is 284 g/mol. The molecule has 1 saturated heterocycles. The monoisotopic (exact) mass is 284 g/mol. The predicted octanol–water partition coefficient (Wildman–Crippen LogP) is 1.71. The number of amides is 1. The molecule has 1 aromatic heterocycles. The van der Waals surface area contributed by atoms with Crippen molar-refractivity contribution >= 4 is 5.91 Å². The number of hydrogen-bond donors (Lipinski definition) is 0. The summed E-state index contributed by atoms with van der Waals surface area (Å²) in [5.74, 6) is 2.21. The molecular formula is C16H20N4O. The summed E-state index contributed by atoms with van der Waals surface area (Å²) in [7, 11) is 1.87. The molecule has 5 heteroatoms. The zero-order valence-electron chi connectivity index (χ0n) is 12.5. The third-order valence-corrected chi connectivity index (χ3v) is 3.95. The Morgan fingerprint density at radius 3 is 2.71 bits per heavy atom. The van der Waals surface area contributed by atoms with Crippen LogP contribution in [0.25, 0.3) is 0 Å². The number of carbonyl (C=O) groups excluding carboxylic acids is 1. The minimum Gasteiger partial charge on any atom is -0.335 e. The lowest BCUT2D eigenvalue weighted by molar-refractivity contribution is -0.128. The van der Waals surface area contributed by atoms with Gasteiger partial charge in [-0.1, -0.05) is 30.3 Å². The van der Waals surface area contributed by atoms with Gasteiger partial charge >= 0.3 is 0 Å². The van der Waals surface area contributed by atoms with Crippen LogP contribution >= 0.6 is 0 Å². The van der Waals surface area contributed by atoms with Crippen molar-refractivity contribution in [1.29, 1.82) is 0 Å². The summed E-state index contributed by atoms with van der Waals surface area (Å²) in [6.07, 6.45) is 1.59. The Bertz CT molecular complexity index is 635. The van der Waals surface area contributed by atoms with E-state index in [-0.39, 0.29) is 5.91 Å². The molecule has 1 aromatic carbocycles. The molecule has 0 saturated carbocycles. The van der Waals surface area contributed by atoms with Crippen molar-refractivity contribution < 1.29 is 4.79 Å². The Morgan fingerprint density at radius 1 is 1.29 bits per heavy atom. The standard InChI is InChI=1S/C16H20N4O/c1-12-17-15(19(2)18-12)11-20-10-14(9-16(20)21)8-13-6-4-3-5-7-13/h3-7,14H,8-11H2,1-2H3/t14-/m0/s1. The largest absolute Gasteiger partial charge is 0.335 e. The minimum absolute atomic E-state index is 0.219. The van der Waals surface area contributed by atoms with E-state index in [9.17, 15) is 4.79 Å². The molecule has 2 heterocycles. The summed E-state index contributed by atoms with van der Waals surface area (Å²) in [5, 5.41) is 4.23. The number of carbonyl (C=O) groups is 1. The van der Waals surface area contributed by atoms with Gasteiger partial charge in [-0.2, -0.15) is 5.10 Å². The van der Waals surface area contributed by atoms with Crippen molar-refractivity contribution in [3.8, 4) is 0 Å². The van der Waals surface area contributed by atoms with E-state index in [0.717, 1.165) is 24.6 Å². The molecule has 0 spiro atoms. The van der Waals surface area contributed by atoms with Gasteiger partial charge in [0.05, 0.1) is 6.54 Å². The fourth-order valence-electron chi connectivity index (χ4n) is 2.96. The lowest BCUT2D eigenvalue weighted by Gasteiger charge is -2.15. The number of benzene rings is 1. The number of hydrogen-bond acceptors (Lipinski definition) is 3. The van der Waals surface area contributed by atoms with E-state index in [4.69, 9.17) is 0 Å². The lowest BCUT2D eigenvalue weighted by Crippen LogP contribution is -2.26. The molecule has 110 valence electrons. The molecule has 21 heavy (non-hydrogen) atoms. The van der Waals surface area contributed by atoms with E-state index in [0.29, 0.717) is 18.9 Å². The maximum atomic E-state index is 12.2. The zero-order chi connectivity index (χ0) is 14.8. The third-order valence-electron chi connectivity index (χ3n) is 3.95. The van der Waals surface area contributed by atoms with Crippen LogP contribution in [0.3, 0.4) is 0 Å². The Balaban J connectivity index is 1.63. The molecule has 0 radical (unpaired) electrons. The first-order chi connectivity index (χ1) is 10.1. The number of likely N-dealkylation sites (tertiary alicyclic amines) is 1. The van der Waals surface area contributed by atoms with Crippen LogP contribution in [0.2, 0.25) is 0 Å². The van der Waals surface area contributed by atoms with Crippen LogP contribution < -0.4 is 0 Å². The second kappa shape index (κ2) is 5.68. The van der Waals surface area contributed by atoms with Crippen molar-refractivity contribution in [3.63, 3.8) is 0 Å². The average Bonchev–Trinajstić information content (AvgIpc) is 2.94. The number of nitrogens with zero attached hydrogens (tertiary/aromatic N) is 4. The third kappa shape index (κ3) is 3.12. The van der Waals surface area contributed by atoms with E-state index in [2.05, 4.69) is 22.2 Å². The van der Waals surface area contributed by atoms with Crippen LogP contribution in [0.15, 0.2) is 30.3 Å². The first-order valence-corrected chi connectivity index (χ1v) is 7.30. The van der Waals surface area contributed by atoms with Crippen molar-refractivity contribution in [3.05, 3.63) is 47.5 Å². The number of aryl methyl sites for hydroxylation is 2. The van der Waals surface area contributed by atoms with Gasteiger partial charge in [-0.25, -0.2) is 4.98 Å². The molecule has 3 rings (SSSR count). The summed E-state index contributed by atoms with van der Waals surface area (Å²) in [6.45, 7) is 3.23. The van der Waals surface area contributed by atoms with E-state index >= 15 is 0 Å². The molecule has 1 aliphatic rings. The first kappa shape index (κ1) is 13.8. The van der Waals surface area contributed by atoms with Crippen molar-refractivity contribution in [2.75, 3.05) is 6.54 Å². The molecule has 0 bridgehead atoms. The van der Waals surface area contributed by atoms with Gasteiger partial charge < -0.3 is 4.90 Å². The lowest BCUT2D eigenvalue weighted by atomic mass is 9.99. The summed E-state index contributed by atoms with van der Waals surface area (Å²) in [5.41, 5.74) is 1.30. The van der Waals surface area contributed by atoms with Gasteiger partial charge in [-0.15, -0.1) is 0 Å². The Kier molecular flexibility index (Phi) is 3.73. The highest BCUT2D eigenvalue weighted by Gasteiger charge is 2.30. The summed E-state index contributed by atoms with van der Waals surface area (Å²) >= 11 is 0. The molecule has 1 amide bonds. The maximum Gasteiger partial charge on any atom is 0.223 e. The van der Waals surface area contributed by atoms with Crippen molar-refractivity contribution in [2.45, 2.75) is 26.3 Å². The molecule has 0 unspecified atom stereocenters. The fraction of sp³-hybridized carbons (Fsp3) is 0.438. The molecule has 0 aliphatic carbocycles. The van der Waals surface area contributed by atoms with Crippen LogP contribution in [-0.2, 0) is 24.8 Å². The van der Waals surface area contributed by atoms with Gasteiger partial charge in [0.2, 0.25) is 5.91 Å². The van der Waals surface area contributed by atoms with Crippen LogP contribution in [0, 0.1) is 12.8 Å². The first-order valence-electron chi connectivity index (χ1n) is 7.30. The Hall–Kier alpha value is -2.17. The van der Waals surface area contributed by atoms with Crippen LogP contribution in [0.5, 0.6) is 0 Å². The summed E-state index contributed by atoms with van der Waals surface area (Å²) < 4.78 is 1.76. The molecule has 5 nitrogen and oxygen atoms in total. The highest BCUT2D eigenvalue weighted by Crippen LogP contribution is 2.23. The van der Waals surface area contributed by atoms with Gasteiger partial charge in [-0.05, 0) is 24.8 Å². The van der Waals surface area contributed by atoms with Crippen molar-refractivity contribution in [1.82, 2.24) is 19.7 Å². The van der Waals surface area contributed by atoms with E-state index in [1.54, 1.807) is 4.68 Å². The van der Waals surface area contributed by atoms with E-state index < -0.39 is 0 Å². The molecule has 1 aliphatic heterocycles. The second-order valence-corrected chi connectivity index (χ2v) is 5.73. The van der Waals surface area contributed by atoms with Crippen LogP contribution in [-0.4, -0.2) is 32.1 Å². The quantitative estimate of drug-likeness (QED) is 0.859. The van der Waals surface area contributed by atoms with E-state index in [1.165, 1.54) is 5.56 Å². The number of rotatable bonds is 4. The second-order valence-electron chi connectivity index (χ2n) is 5.73. The summed E-state index contributed by atoms with van der Waals surface area (Å²) in [4.78, 5) is 18.4. The van der Waals surface area contributed by atoms with Gasteiger partial charge in [0.25, 0.3) is 0 Å². The molecule has 1 atom stereocenters. The Morgan fingerprint density at radius 2 is 2.05 bits per heavy atom. The van der Waals surface area contributed by atoms with Gasteiger partial charge in [0, 0.05) is 20.0 Å². The van der Waals surface area contributed by atoms with Crippen molar-refractivity contribution in [2.24, 2.45) is 13.0 Å². The molecular weight excluding hydrogens is 264 g/mol. The van der Waals surface area contributed by atoms with Gasteiger partial charge in [0.1, 0.15) is 11.6 Å². The Labute approximate surface area is 124 Å². The molecule has 2 aromatic rings. The summed E-state index contributed by atoms with van der Waals surface area (Å²) in [6, 6.07) is 10.4. The van der Waals surface area contributed by atoms with Gasteiger partial charge in [0.15, 0.2) is 0 Å². The fourth-order valence-corrected chi connectivity index (χ4v) is 2.96. The van der Waals surface area contributed by atoms with Crippen LogP contribution in [0.1, 0.15) is 23.6 Å². The predicted molar refractivity (Wildman–Crippen MR) is 79.4 cm³/mol. The van der Waals surface area contributed by atoms with E-state index in [1.807, 2.05) is 37.1 Å². The normalized spacial score (nSPS) is 18.5. The maximum absolute atomic E-state index is 12.2. The number of aromatic nitrogens is 3. The minimum atomic E-state index is 0.219.